The van der Waals surface area contributed by atoms with Gasteiger partial charge in [0.1, 0.15) is 4.90 Å². The van der Waals surface area contributed by atoms with E-state index in [-0.39, 0.29) is 11.7 Å². The van der Waals surface area contributed by atoms with E-state index in [9.17, 15) is 8.42 Å². The maximum Gasteiger partial charge on any atom is 0.265 e. The molecule has 0 bridgehead atoms. The summed E-state index contributed by atoms with van der Waals surface area (Å²) in [4.78, 5) is 0.0774. The van der Waals surface area contributed by atoms with Crippen molar-refractivity contribution in [2.45, 2.75) is 11.4 Å². The van der Waals surface area contributed by atoms with Crippen molar-refractivity contribution in [2.24, 2.45) is 5.73 Å². The molecule has 0 saturated heterocycles. The van der Waals surface area contributed by atoms with Crippen molar-refractivity contribution in [2.75, 3.05) is 18.1 Å². The maximum atomic E-state index is 12.3. The van der Waals surface area contributed by atoms with Crippen LogP contribution in [0, 0.1) is 0 Å². The summed E-state index contributed by atoms with van der Waals surface area (Å²) in [5.41, 5.74) is 5.80. The molecule has 1 aliphatic heterocycles. The van der Waals surface area contributed by atoms with Crippen LogP contribution < -0.4 is 19.9 Å². The van der Waals surface area contributed by atoms with Gasteiger partial charge in [-0.3, -0.25) is 9.40 Å². The summed E-state index contributed by atoms with van der Waals surface area (Å²) in [6, 6.07) is 4.83. The highest BCUT2D eigenvalue weighted by Crippen LogP contribution is 2.34. The number of nitrogens with two attached hydrogens (primary N) is 1. The van der Waals surface area contributed by atoms with E-state index < -0.39 is 10.0 Å². The molecule has 0 spiro atoms. The number of aromatic nitrogens is 2. The molecule has 9 heteroatoms. The van der Waals surface area contributed by atoms with Gasteiger partial charge in [0.05, 0.1) is 18.4 Å². The number of hydrogen-bond donors (Lipinski definition) is 2. The van der Waals surface area contributed by atoms with Gasteiger partial charge >= 0.3 is 0 Å². The summed E-state index contributed by atoms with van der Waals surface area (Å²) < 4.78 is 38.8. The molecule has 21 heavy (non-hydrogen) atoms. The van der Waals surface area contributed by atoms with Crippen molar-refractivity contribution in [3.63, 3.8) is 0 Å². The molecule has 1 aliphatic rings. The number of anilines is 1. The molecular weight excluding hydrogens is 296 g/mol. The molecule has 0 fully saturated rings. The highest BCUT2D eigenvalue weighted by molar-refractivity contribution is 7.92. The average Bonchev–Trinajstić information content (AvgIpc) is 3.07. The molecule has 3 N–H and O–H groups in total. The van der Waals surface area contributed by atoms with Crippen molar-refractivity contribution in [3.05, 3.63) is 30.6 Å². The lowest BCUT2D eigenvalue weighted by Gasteiger charge is -2.06. The van der Waals surface area contributed by atoms with E-state index in [1.54, 1.807) is 18.2 Å². The average molecular weight is 310 g/mol. The Morgan fingerprint density at radius 1 is 1.33 bits per heavy atom. The Morgan fingerprint density at radius 3 is 2.95 bits per heavy atom. The van der Waals surface area contributed by atoms with Gasteiger partial charge in [0.2, 0.25) is 6.79 Å². The van der Waals surface area contributed by atoms with E-state index >= 15 is 0 Å². The van der Waals surface area contributed by atoms with Crippen molar-refractivity contribution < 1.29 is 17.9 Å². The summed E-state index contributed by atoms with van der Waals surface area (Å²) in [6.45, 7) is 0.980. The molecule has 112 valence electrons. The molecule has 0 amide bonds. The van der Waals surface area contributed by atoms with Gasteiger partial charge in [0.15, 0.2) is 11.5 Å². The van der Waals surface area contributed by atoms with Gasteiger partial charge < -0.3 is 15.2 Å². The standard InChI is InChI=1S/C12H14N4O4S/c13-3-4-16-7-10(6-14-16)21(17,18)15-9-1-2-11-12(5-9)20-8-19-11/h1-2,5-7,15H,3-4,8,13H2. The Balaban J connectivity index is 1.82. The Kier molecular flexibility index (Phi) is 3.43. The van der Waals surface area contributed by atoms with Crippen LogP contribution in [0.2, 0.25) is 0 Å². The minimum absolute atomic E-state index is 0.0774. The van der Waals surface area contributed by atoms with Crippen molar-refractivity contribution in [3.8, 4) is 11.5 Å². The second-order valence-electron chi connectivity index (χ2n) is 4.40. The zero-order valence-electron chi connectivity index (χ0n) is 11.0. The van der Waals surface area contributed by atoms with Gasteiger partial charge in [-0.25, -0.2) is 8.42 Å². The molecule has 0 radical (unpaired) electrons. The molecule has 2 heterocycles. The topological polar surface area (TPSA) is 108 Å². The Bertz CT molecular complexity index is 756. The van der Waals surface area contributed by atoms with Crippen LogP contribution in [-0.4, -0.2) is 31.5 Å². The Labute approximate surface area is 121 Å². The number of fused-ring (bicyclic) bond motifs is 1. The van der Waals surface area contributed by atoms with Crippen molar-refractivity contribution in [1.29, 1.82) is 0 Å². The van der Waals surface area contributed by atoms with Crippen LogP contribution in [0.15, 0.2) is 35.5 Å². The third-order valence-corrected chi connectivity index (χ3v) is 4.24. The first-order chi connectivity index (χ1) is 10.1. The largest absolute Gasteiger partial charge is 0.454 e. The molecule has 0 unspecified atom stereocenters. The van der Waals surface area contributed by atoms with E-state index in [0.29, 0.717) is 30.3 Å². The first kappa shape index (κ1) is 13.7. The van der Waals surface area contributed by atoms with Gasteiger partial charge in [-0.15, -0.1) is 0 Å². The molecule has 0 atom stereocenters. The number of hydrogen-bond acceptors (Lipinski definition) is 6. The highest BCUT2D eigenvalue weighted by Gasteiger charge is 2.19. The Morgan fingerprint density at radius 2 is 2.14 bits per heavy atom. The number of sulfonamides is 1. The lowest BCUT2D eigenvalue weighted by molar-refractivity contribution is 0.174. The van der Waals surface area contributed by atoms with E-state index in [1.807, 2.05) is 0 Å². The lowest BCUT2D eigenvalue weighted by Crippen LogP contribution is -2.13. The predicted molar refractivity (Wildman–Crippen MR) is 74.7 cm³/mol. The molecule has 1 aromatic heterocycles. The monoisotopic (exact) mass is 310 g/mol. The van der Waals surface area contributed by atoms with E-state index in [1.165, 1.54) is 17.1 Å². The molecule has 8 nitrogen and oxygen atoms in total. The minimum atomic E-state index is -3.70. The third-order valence-electron chi connectivity index (χ3n) is 2.90. The number of ether oxygens (including phenoxy) is 2. The number of nitrogens with zero attached hydrogens (tertiary/aromatic N) is 2. The Hall–Kier alpha value is -2.26. The first-order valence-corrected chi connectivity index (χ1v) is 7.72. The predicted octanol–water partition coefficient (Wildman–Crippen LogP) is 0.371. The van der Waals surface area contributed by atoms with Crippen LogP contribution in [0.4, 0.5) is 5.69 Å². The van der Waals surface area contributed by atoms with E-state index in [2.05, 4.69) is 9.82 Å². The summed E-state index contributed by atoms with van der Waals surface area (Å²) in [7, 11) is -3.70. The van der Waals surface area contributed by atoms with Gasteiger partial charge in [-0.1, -0.05) is 0 Å². The highest BCUT2D eigenvalue weighted by atomic mass is 32.2. The second kappa shape index (κ2) is 5.26. The fraction of sp³-hybridized carbons (Fsp3) is 0.250. The fourth-order valence-corrected chi connectivity index (χ4v) is 2.91. The lowest BCUT2D eigenvalue weighted by atomic mass is 10.3. The van der Waals surface area contributed by atoms with Crippen LogP contribution in [0.1, 0.15) is 0 Å². The maximum absolute atomic E-state index is 12.3. The van der Waals surface area contributed by atoms with Gasteiger partial charge in [-0.2, -0.15) is 5.10 Å². The molecule has 3 rings (SSSR count). The summed E-state index contributed by atoms with van der Waals surface area (Å²) in [5.74, 6) is 1.10. The zero-order chi connectivity index (χ0) is 14.9. The first-order valence-electron chi connectivity index (χ1n) is 6.23. The summed E-state index contributed by atoms with van der Waals surface area (Å²) >= 11 is 0. The molecule has 2 aromatic rings. The number of rotatable bonds is 5. The number of benzene rings is 1. The van der Waals surface area contributed by atoms with Gasteiger partial charge in [0, 0.05) is 18.8 Å². The zero-order valence-corrected chi connectivity index (χ0v) is 11.8. The van der Waals surface area contributed by atoms with E-state index in [4.69, 9.17) is 15.2 Å². The summed E-state index contributed by atoms with van der Waals surface area (Å²) in [6.07, 6.45) is 2.72. The summed E-state index contributed by atoms with van der Waals surface area (Å²) in [5, 5.41) is 3.94. The molecule has 0 saturated carbocycles. The van der Waals surface area contributed by atoms with Crippen molar-refractivity contribution in [1.82, 2.24) is 9.78 Å². The van der Waals surface area contributed by atoms with Crippen LogP contribution in [-0.2, 0) is 16.6 Å². The van der Waals surface area contributed by atoms with Gasteiger partial charge in [-0.05, 0) is 12.1 Å². The van der Waals surface area contributed by atoms with Crippen LogP contribution in [0.3, 0.4) is 0 Å². The third kappa shape index (κ3) is 2.78. The van der Waals surface area contributed by atoms with Crippen LogP contribution in [0.5, 0.6) is 11.5 Å². The molecule has 1 aromatic carbocycles. The quantitative estimate of drug-likeness (QED) is 0.826. The SMILES string of the molecule is NCCn1cc(S(=O)(=O)Nc2ccc3c(c2)OCO3)cn1. The van der Waals surface area contributed by atoms with Crippen LogP contribution in [0.25, 0.3) is 0 Å². The number of nitrogens with one attached hydrogen (secondary N) is 1. The fourth-order valence-electron chi connectivity index (χ4n) is 1.91. The van der Waals surface area contributed by atoms with Crippen LogP contribution >= 0.6 is 0 Å². The second-order valence-corrected chi connectivity index (χ2v) is 6.08. The van der Waals surface area contributed by atoms with Crippen molar-refractivity contribution >= 4 is 15.7 Å². The normalized spacial score (nSPS) is 13.4. The molecular formula is C12H14N4O4S. The molecule has 0 aliphatic carbocycles. The van der Waals surface area contributed by atoms with E-state index in [0.717, 1.165) is 0 Å². The minimum Gasteiger partial charge on any atom is -0.454 e. The van der Waals surface area contributed by atoms with Gasteiger partial charge in [0.25, 0.3) is 10.0 Å². The smallest absolute Gasteiger partial charge is 0.265 e.